The molecule has 1 aromatic heterocycles. The number of alkyl halides is 2. The second kappa shape index (κ2) is 6.21. The van der Waals surface area contributed by atoms with Crippen LogP contribution in [0.15, 0.2) is 30.6 Å². The van der Waals surface area contributed by atoms with E-state index >= 15 is 0 Å². The largest absolute Gasteiger partial charge is 0.477 e. The topological polar surface area (TPSA) is 50.2 Å². The van der Waals surface area contributed by atoms with Crippen molar-refractivity contribution < 1.29 is 18.7 Å². The Bertz CT molecular complexity index is 189. The number of carboxylic acids is 1. The molecule has 12 heavy (non-hydrogen) atoms. The lowest BCUT2D eigenvalue weighted by Crippen LogP contribution is -2.06. The van der Waals surface area contributed by atoms with E-state index in [0.717, 1.165) is 0 Å². The molecule has 0 atom stereocenters. The monoisotopic (exact) mass is 175 g/mol. The van der Waals surface area contributed by atoms with Gasteiger partial charge in [0.25, 0.3) is 0 Å². The summed E-state index contributed by atoms with van der Waals surface area (Å²) in [5, 5.41) is 7.24. The molecular weight excluding hydrogens is 168 g/mol. The zero-order valence-electron chi connectivity index (χ0n) is 6.02. The fourth-order valence-electron chi connectivity index (χ4n) is 0.313. The molecule has 66 valence electrons. The minimum Gasteiger partial charge on any atom is -0.477 e. The summed E-state index contributed by atoms with van der Waals surface area (Å²) >= 11 is 0. The number of halogens is 2. The summed E-state index contributed by atoms with van der Waals surface area (Å²) in [6, 6.07) is 5.72. The van der Waals surface area contributed by atoms with Gasteiger partial charge in [0.15, 0.2) is 0 Å². The maximum absolute atomic E-state index is 10.6. The minimum absolute atomic E-state index is 1.75. The third-order valence-electron chi connectivity index (χ3n) is 0.753. The fourth-order valence-corrected chi connectivity index (χ4v) is 0.313. The standard InChI is InChI=1S/C5H5N.C2H2F2O2/c1-2-4-6-5-3-1;3-1(4)2(5)6/h1-5H;1H,(H,5,6). The van der Waals surface area contributed by atoms with Gasteiger partial charge in [-0.25, -0.2) is 4.79 Å². The first kappa shape index (κ1) is 10.5. The van der Waals surface area contributed by atoms with Crippen LogP contribution in [0.1, 0.15) is 0 Å². The summed E-state index contributed by atoms with van der Waals surface area (Å²) < 4.78 is 21.1. The van der Waals surface area contributed by atoms with Gasteiger partial charge in [0.2, 0.25) is 0 Å². The van der Waals surface area contributed by atoms with Gasteiger partial charge in [-0.05, 0) is 12.1 Å². The molecule has 1 rings (SSSR count). The summed E-state index contributed by atoms with van der Waals surface area (Å²) in [7, 11) is 0. The van der Waals surface area contributed by atoms with Crippen LogP contribution in [0.25, 0.3) is 0 Å². The number of rotatable bonds is 1. The lowest BCUT2D eigenvalue weighted by atomic mass is 10.5. The number of pyridine rings is 1. The molecule has 0 aliphatic carbocycles. The summed E-state index contributed by atoms with van der Waals surface area (Å²) in [4.78, 5) is 12.7. The van der Waals surface area contributed by atoms with Crippen LogP contribution < -0.4 is 0 Å². The van der Waals surface area contributed by atoms with E-state index in [4.69, 9.17) is 9.90 Å². The lowest BCUT2D eigenvalue weighted by molar-refractivity contribution is -0.149. The molecule has 0 amide bonds. The molecule has 3 nitrogen and oxygen atoms in total. The first-order valence-electron chi connectivity index (χ1n) is 3.00. The molecule has 0 fully saturated rings. The SMILES string of the molecule is O=C(O)C(F)F.c1ccncc1. The number of carboxylic acid groups (broad SMARTS) is 1. The molecule has 1 heterocycles. The first-order valence-corrected chi connectivity index (χ1v) is 3.00. The second-order valence-electron chi connectivity index (χ2n) is 1.66. The molecular formula is C7H7F2NO2. The Kier molecular flexibility index (Phi) is 5.42. The van der Waals surface area contributed by atoms with Crippen molar-refractivity contribution in [2.75, 3.05) is 0 Å². The number of hydrogen-bond donors (Lipinski definition) is 1. The van der Waals surface area contributed by atoms with E-state index in [9.17, 15) is 8.78 Å². The van der Waals surface area contributed by atoms with Crippen molar-refractivity contribution in [2.45, 2.75) is 6.43 Å². The quantitative estimate of drug-likeness (QED) is 0.702. The molecule has 0 unspecified atom stereocenters. The van der Waals surface area contributed by atoms with Gasteiger partial charge in [0.05, 0.1) is 0 Å². The number of hydrogen-bond acceptors (Lipinski definition) is 2. The smallest absolute Gasteiger partial charge is 0.371 e. The van der Waals surface area contributed by atoms with E-state index in [1.54, 1.807) is 12.4 Å². The van der Waals surface area contributed by atoms with Gasteiger partial charge in [-0.1, -0.05) is 6.07 Å². The van der Waals surface area contributed by atoms with E-state index in [1.165, 1.54) is 0 Å². The van der Waals surface area contributed by atoms with Gasteiger partial charge >= 0.3 is 12.4 Å². The van der Waals surface area contributed by atoms with Gasteiger partial charge in [0, 0.05) is 12.4 Å². The van der Waals surface area contributed by atoms with Crippen molar-refractivity contribution in [2.24, 2.45) is 0 Å². The Morgan fingerprint density at radius 2 is 1.67 bits per heavy atom. The van der Waals surface area contributed by atoms with Crippen LogP contribution in [0, 0.1) is 0 Å². The number of nitrogens with zero attached hydrogens (tertiary/aromatic N) is 1. The molecule has 0 bridgehead atoms. The molecule has 0 saturated heterocycles. The van der Waals surface area contributed by atoms with E-state index in [0.29, 0.717) is 0 Å². The van der Waals surface area contributed by atoms with Crippen LogP contribution in [0.4, 0.5) is 8.78 Å². The van der Waals surface area contributed by atoms with E-state index in [2.05, 4.69) is 4.98 Å². The molecule has 0 radical (unpaired) electrons. The van der Waals surface area contributed by atoms with Gasteiger partial charge in [-0.15, -0.1) is 0 Å². The summed E-state index contributed by atoms with van der Waals surface area (Å²) in [5.74, 6) is -2.07. The van der Waals surface area contributed by atoms with E-state index in [-0.39, 0.29) is 0 Å². The van der Waals surface area contributed by atoms with Crippen molar-refractivity contribution in [3.8, 4) is 0 Å². The molecule has 0 aliphatic heterocycles. The number of aliphatic carboxylic acids is 1. The highest BCUT2D eigenvalue weighted by Crippen LogP contribution is 1.87. The highest BCUT2D eigenvalue weighted by molar-refractivity contribution is 5.70. The summed E-state index contributed by atoms with van der Waals surface area (Å²) in [6.45, 7) is 0. The molecule has 5 heteroatoms. The molecule has 1 aromatic rings. The molecule has 0 spiro atoms. The Hall–Kier alpha value is -1.52. The van der Waals surface area contributed by atoms with Crippen LogP contribution in [0.2, 0.25) is 0 Å². The van der Waals surface area contributed by atoms with Gasteiger partial charge in [-0.3, -0.25) is 4.98 Å². The first-order chi connectivity index (χ1) is 5.64. The fraction of sp³-hybridized carbons (Fsp3) is 0.143. The van der Waals surface area contributed by atoms with Crippen LogP contribution in [-0.2, 0) is 4.79 Å². The lowest BCUT2D eigenvalue weighted by Gasteiger charge is -1.81. The van der Waals surface area contributed by atoms with Crippen molar-refractivity contribution >= 4 is 5.97 Å². The van der Waals surface area contributed by atoms with Gasteiger partial charge in [0.1, 0.15) is 0 Å². The van der Waals surface area contributed by atoms with Gasteiger partial charge in [-0.2, -0.15) is 8.78 Å². The normalized spacial score (nSPS) is 8.58. The maximum Gasteiger partial charge on any atom is 0.371 e. The molecule has 0 aliphatic rings. The zero-order valence-corrected chi connectivity index (χ0v) is 6.02. The van der Waals surface area contributed by atoms with E-state index in [1.807, 2.05) is 18.2 Å². The third-order valence-corrected chi connectivity index (χ3v) is 0.753. The van der Waals surface area contributed by atoms with Crippen LogP contribution in [0.3, 0.4) is 0 Å². The minimum atomic E-state index is -3.23. The molecule has 0 aromatic carbocycles. The van der Waals surface area contributed by atoms with Crippen molar-refractivity contribution in [3.63, 3.8) is 0 Å². The zero-order chi connectivity index (χ0) is 9.40. The average molecular weight is 175 g/mol. The van der Waals surface area contributed by atoms with Crippen molar-refractivity contribution in [1.82, 2.24) is 4.98 Å². The van der Waals surface area contributed by atoms with Crippen LogP contribution in [0.5, 0.6) is 0 Å². The summed E-state index contributed by atoms with van der Waals surface area (Å²) in [5.41, 5.74) is 0. The second-order valence-corrected chi connectivity index (χ2v) is 1.66. The highest BCUT2D eigenvalue weighted by Gasteiger charge is 2.10. The van der Waals surface area contributed by atoms with Gasteiger partial charge < -0.3 is 5.11 Å². The highest BCUT2D eigenvalue weighted by atomic mass is 19.3. The Morgan fingerprint density at radius 1 is 1.25 bits per heavy atom. The Balaban J connectivity index is 0.000000202. The average Bonchev–Trinajstić information content (AvgIpc) is 2.08. The molecule has 1 N–H and O–H groups in total. The predicted molar refractivity (Wildman–Crippen MR) is 37.9 cm³/mol. The third kappa shape index (κ3) is 6.60. The Labute approximate surface area is 67.7 Å². The van der Waals surface area contributed by atoms with Crippen molar-refractivity contribution in [1.29, 1.82) is 0 Å². The number of aromatic nitrogens is 1. The van der Waals surface area contributed by atoms with Crippen LogP contribution >= 0.6 is 0 Å². The van der Waals surface area contributed by atoms with E-state index < -0.39 is 12.4 Å². The number of carbonyl (C=O) groups is 1. The van der Waals surface area contributed by atoms with Crippen LogP contribution in [-0.4, -0.2) is 22.5 Å². The maximum atomic E-state index is 10.6. The van der Waals surface area contributed by atoms with Crippen molar-refractivity contribution in [3.05, 3.63) is 30.6 Å². The summed E-state index contributed by atoms with van der Waals surface area (Å²) in [6.07, 6.45) is 0.269. The molecule has 0 saturated carbocycles. The Morgan fingerprint density at radius 3 is 1.75 bits per heavy atom. The predicted octanol–water partition coefficient (Wildman–Crippen LogP) is 1.42.